The fraction of sp³-hybridized carbons (Fsp3) is 0.222. The van der Waals surface area contributed by atoms with Gasteiger partial charge in [-0.05, 0) is 19.1 Å². The maximum absolute atomic E-state index is 9.24. The summed E-state index contributed by atoms with van der Waals surface area (Å²) in [7, 11) is 0. The molecule has 5 N–H and O–H groups in total. The molecule has 0 spiro atoms. The topological polar surface area (TPSA) is 89.3 Å². The number of hydrogen-bond donors (Lipinski definition) is 3. The first-order chi connectivity index (χ1) is 6.06. The molecule has 4 nitrogen and oxygen atoms in total. The smallest absolute Gasteiger partial charge is 0.317 e. The lowest BCUT2D eigenvalue weighted by molar-refractivity contribution is -0.135. The van der Waals surface area contributed by atoms with E-state index in [-0.39, 0.29) is 6.54 Å². The Labute approximate surface area is 77.2 Å². The minimum atomic E-state index is -0.968. The molecule has 0 amide bonds. The first kappa shape index (κ1) is 11.4. The fourth-order valence-electron chi connectivity index (χ4n) is 0.566. The Bertz CT molecular complexity index is 236. The first-order valence-corrected chi connectivity index (χ1v) is 3.80. The average Bonchev–Trinajstić information content (AvgIpc) is 2.11. The van der Waals surface area contributed by atoms with E-state index < -0.39 is 5.97 Å². The van der Waals surface area contributed by atoms with Crippen LogP contribution in [0, 0.1) is 6.92 Å². The van der Waals surface area contributed by atoms with Crippen LogP contribution in [0.3, 0.4) is 0 Å². The standard InChI is InChI=1S/C7H9N.C2H5NO2/c1-6-2-4-7(8)5-3-6;3-1-2(4)5/h2-5H,8H2,1H3;1,3H2,(H,4,5). The number of nitrogens with two attached hydrogens (primary N) is 2. The molecule has 1 rings (SSSR count). The Kier molecular flexibility index (Phi) is 5.30. The summed E-state index contributed by atoms with van der Waals surface area (Å²) in [5, 5.41) is 7.60. The summed E-state index contributed by atoms with van der Waals surface area (Å²) >= 11 is 0. The van der Waals surface area contributed by atoms with Gasteiger partial charge in [-0.3, -0.25) is 4.79 Å². The molecule has 0 bridgehead atoms. The van der Waals surface area contributed by atoms with E-state index in [2.05, 4.69) is 5.73 Å². The number of carboxylic acid groups (broad SMARTS) is 1. The lowest BCUT2D eigenvalue weighted by atomic mass is 10.2. The van der Waals surface area contributed by atoms with Gasteiger partial charge in [0.25, 0.3) is 0 Å². The van der Waals surface area contributed by atoms with Gasteiger partial charge < -0.3 is 16.6 Å². The van der Waals surface area contributed by atoms with Gasteiger partial charge in [-0.15, -0.1) is 0 Å². The van der Waals surface area contributed by atoms with Gasteiger partial charge in [0.2, 0.25) is 0 Å². The number of carboxylic acids is 1. The van der Waals surface area contributed by atoms with Crippen molar-refractivity contribution in [3.8, 4) is 0 Å². The molecule has 0 aliphatic carbocycles. The molecule has 1 aromatic carbocycles. The van der Waals surface area contributed by atoms with Crippen LogP contribution in [0.4, 0.5) is 5.69 Å². The molecule has 0 heterocycles. The summed E-state index contributed by atoms with van der Waals surface area (Å²) in [4.78, 5) is 9.24. The summed E-state index contributed by atoms with van der Waals surface area (Å²) in [5.74, 6) is -0.968. The van der Waals surface area contributed by atoms with E-state index in [4.69, 9.17) is 10.8 Å². The van der Waals surface area contributed by atoms with E-state index in [1.54, 1.807) is 0 Å². The monoisotopic (exact) mass is 182 g/mol. The summed E-state index contributed by atoms with van der Waals surface area (Å²) in [5.41, 5.74) is 12.1. The molecule has 0 aliphatic heterocycles. The Hall–Kier alpha value is -1.55. The van der Waals surface area contributed by atoms with Crippen LogP contribution in [-0.4, -0.2) is 17.6 Å². The maximum Gasteiger partial charge on any atom is 0.317 e. The van der Waals surface area contributed by atoms with E-state index in [0.717, 1.165) is 5.69 Å². The van der Waals surface area contributed by atoms with Gasteiger partial charge in [-0.25, -0.2) is 0 Å². The second-order valence-electron chi connectivity index (χ2n) is 2.51. The van der Waals surface area contributed by atoms with E-state index in [1.807, 2.05) is 31.2 Å². The van der Waals surface area contributed by atoms with Crippen molar-refractivity contribution in [3.63, 3.8) is 0 Å². The molecule has 0 atom stereocenters. The molecule has 0 saturated heterocycles. The number of carbonyl (C=O) groups is 1. The third kappa shape index (κ3) is 6.83. The zero-order valence-corrected chi connectivity index (χ0v) is 7.53. The molecule has 0 unspecified atom stereocenters. The van der Waals surface area contributed by atoms with Crippen molar-refractivity contribution in [2.45, 2.75) is 6.92 Å². The van der Waals surface area contributed by atoms with E-state index >= 15 is 0 Å². The second-order valence-corrected chi connectivity index (χ2v) is 2.51. The van der Waals surface area contributed by atoms with E-state index in [0.29, 0.717) is 0 Å². The number of aryl methyl sites for hydroxylation is 1. The number of anilines is 1. The highest BCUT2D eigenvalue weighted by atomic mass is 16.4. The van der Waals surface area contributed by atoms with Crippen LogP contribution in [0.5, 0.6) is 0 Å². The van der Waals surface area contributed by atoms with Crippen LogP contribution in [0.15, 0.2) is 24.3 Å². The Morgan fingerprint density at radius 1 is 1.38 bits per heavy atom. The van der Waals surface area contributed by atoms with Gasteiger partial charge in [0, 0.05) is 5.69 Å². The van der Waals surface area contributed by atoms with E-state index in [1.165, 1.54) is 5.56 Å². The highest BCUT2D eigenvalue weighted by molar-refractivity contribution is 5.68. The Balaban J connectivity index is 0.000000252. The second kappa shape index (κ2) is 6.02. The van der Waals surface area contributed by atoms with Crippen LogP contribution < -0.4 is 11.5 Å². The lowest BCUT2D eigenvalue weighted by Crippen LogP contribution is -2.10. The van der Waals surface area contributed by atoms with Gasteiger partial charge >= 0.3 is 5.97 Å². The van der Waals surface area contributed by atoms with Crippen LogP contribution in [0.1, 0.15) is 5.56 Å². The number of rotatable bonds is 1. The molecule has 0 saturated carbocycles. The van der Waals surface area contributed by atoms with E-state index in [9.17, 15) is 4.79 Å². The van der Waals surface area contributed by atoms with Crippen molar-refractivity contribution < 1.29 is 9.90 Å². The average molecular weight is 182 g/mol. The Morgan fingerprint density at radius 2 is 1.77 bits per heavy atom. The number of aliphatic carboxylic acids is 1. The van der Waals surface area contributed by atoms with Crippen molar-refractivity contribution in [2.24, 2.45) is 5.73 Å². The van der Waals surface area contributed by atoms with Gasteiger partial charge in [0.1, 0.15) is 0 Å². The molecule has 0 aromatic heterocycles. The van der Waals surface area contributed by atoms with Gasteiger partial charge in [0.05, 0.1) is 6.54 Å². The normalized spacial score (nSPS) is 8.46. The zero-order valence-electron chi connectivity index (χ0n) is 7.53. The van der Waals surface area contributed by atoms with Crippen molar-refractivity contribution >= 4 is 11.7 Å². The molecule has 4 heteroatoms. The number of hydrogen-bond acceptors (Lipinski definition) is 3. The number of nitrogen functional groups attached to an aromatic ring is 1. The van der Waals surface area contributed by atoms with Crippen molar-refractivity contribution in [1.29, 1.82) is 0 Å². The SMILES string of the molecule is Cc1ccc(N)cc1.NCC(=O)O. The Morgan fingerprint density at radius 3 is 2.00 bits per heavy atom. The molecule has 13 heavy (non-hydrogen) atoms. The largest absolute Gasteiger partial charge is 0.480 e. The quantitative estimate of drug-likeness (QED) is 0.555. The predicted molar refractivity (Wildman–Crippen MR) is 52.3 cm³/mol. The molecule has 1 aromatic rings. The van der Waals surface area contributed by atoms with Gasteiger partial charge in [-0.1, -0.05) is 17.7 Å². The fourth-order valence-corrected chi connectivity index (χ4v) is 0.566. The third-order valence-corrected chi connectivity index (χ3v) is 1.25. The van der Waals surface area contributed by atoms with Crippen molar-refractivity contribution in [3.05, 3.63) is 29.8 Å². The van der Waals surface area contributed by atoms with Crippen LogP contribution in [0.2, 0.25) is 0 Å². The molecule has 72 valence electrons. The summed E-state index contributed by atoms with van der Waals surface area (Å²) in [6, 6.07) is 7.79. The predicted octanol–water partition coefficient (Wildman–Crippen LogP) is 0.607. The lowest BCUT2D eigenvalue weighted by Gasteiger charge is -1.90. The highest BCUT2D eigenvalue weighted by Crippen LogP contribution is 2.02. The van der Waals surface area contributed by atoms with Crippen molar-refractivity contribution in [1.82, 2.24) is 0 Å². The zero-order chi connectivity index (χ0) is 10.3. The summed E-state index contributed by atoms with van der Waals surface area (Å²) in [6.45, 7) is 1.76. The molecular weight excluding hydrogens is 168 g/mol. The minimum Gasteiger partial charge on any atom is -0.480 e. The maximum atomic E-state index is 9.24. The van der Waals surface area contributed by atoms with Gasteiger partial charge in [-0.2, -0.15) is 0 Å². The molecule has 0 aliphatic rings. The summed E-state index contributed by atoms with van der Waals surface area (Å²) in [6.07, 6.45) is 0. The molecular formula is C9H14N2O2. The first-order valence-electron chi connectivity index (χ1n) is 3.80. The van der Waals surface area contributed by atoms with Crippen LogP contribution >= 0.6 is 0 Å². The third-order valence-electron chi connectivity index (χ3n) is 1.25. The molecule has 0 fully saturated rings. The van der Waals surface area contributed by atoms with Crippen LogP contribution in [-0.2, 0) is 4.79 Å². The van der Waals surface area contributed by atoms with Crippen molar-refractivity contribution in [2.75, 3.05) is 12.3 Å². The highest BCUT2D eigenvalue weighted by Gasteiger charge is 1.81. The van der Waals surface area contributed by atoms with Crippen LogP contribution in [0.25, 0.3) is 0 Å². The van der Waals surface area contributed by atoms with Gasteiger partial charge in [0.15, 0.2) is 0 Å². The summed E-state index contributed by atoms with van der Waals surface area (Å²) < 4.78 is 0. The molecule has 0 radical (unpaired) electrons. The number of benzene rings is 1. The minimum absolute atomic E-state index is 0.278.